The second-order valence-electron chi connectivity index (χ2n) is 4.06. The normalized spacial score (nSPS) is 22.0. The van der Waals surface area contributed by atoms with Crippen molar-refractivity contribution in [3.8, 4) is 0 Å². The van der Waals surface area contributed by atoms with Crippen molar-refractivity contribution in [1.29, 1.82) is 0 Å². The van der Waals surface area contributed by atoms with Gasteiger partial charge in [0, 0.05) is 19.6 Å². The van der Waals surface area contributed by atoms with Gasteiger partial charge in [-0.25, -0.2) is 0 Å². The summed E-state index contributed by atoms with van der Waals surface area (Å²) in [5.74, 6) is 0.0820. The molecule has 1 fully saturated rings. The Hall–Kier alpha value is -0.650. The molecule has 0 spiro atoms. The monoisotopic (exact) mass is 229 g/mol. The van der Waals surface area contributed by atoms with E-state index in [0.29, 0.717) is 19.8 Å². The van der Waals surface area contributed by atoms with Crippen molar-refractivity contribution in [3.05, 3.63) is 0 Å². The Morgan fingerprint density at radius 1 is 1.62 bits per heavy atom. The molecule has 1 aliphatic rings. The summed E-state index contributed by atoms with van der Waals surface area (Å²) in [4.78, 5) is 14.0. The Labute approximate surface area is 97.3 Å². The quantitative estimate of drug-likeness (QED) is 0.648. The third-order valence-corrected chi connectivity index (χ3v) is 2.74. The van der Waals surface area contributed by atoms with E-state index < -0.39 is 0 Å². The Morgan fingerprint density at radius 2 is 2.44 bits per heavy atom. The van der Waals surface area contributed by atoms with E-state index in [1.165, 1.54) is 0 Å². The standard InChI is InChI=1S/C11H23N3O2/c1-2-5-13-11(15)10-9-16-8-7-14(10)6-3-4-12/h10H,2-9,12H2,1H3,(H,13,15). The molecule has 0 aliphatic carbocycles. The Morgan fingerprint density at radius 3 is 3.12 bits per heavy atom. The first-order valence-corrected chi connectivity index (χ1v) is 6.09. The average molecular weight is 229 g/mol. The molecule has 94 valence electrons. The topological polar surface area (TPSA) is 67.6 Å². The number of amides is 1. The fourth-order valence-corrected chi connectivity index (χ4v) is 1.81. The molecule has 1 unspecified atom stereocenters. The molecule has 1 heterocycles. The fourth-order valence-electron chi connectivity index (χ4n) is 1.81. The van der Waals surface area contributed by atoms with E-state index in [4.69, 9.17) is 10.5 Å². The van der Waals surface area contributed by atoms with Crippen LogP contribution in [0.2, 0.25) is 0 Å². The van der Waals surface area contributed by atoms with E-state index in [0.717, 1.165) is 32.5 Å². The number of nitrogens with one attached hydrogen (secondary N) is 1. The first kappa shape index (κ1) is 13.4. The Balaban J connectivity index is 2.42. The number of rotatable bonds is 6. The van der Waals surface area contributed by atoms with Crippen LogP contribution >= 0.6 is 0 Å². The van der Waals surface area contributed by atoms with Crippen LogP contribution in [0.4, 0.5) is 0 Å². The average Bonchev–Trinajstić information content (AvgIpc) is 2.33. The van der Waals surface area contributed by atoms with Crippen molar-refractivity contribution < 1.29 is 9.53 Å². The molecule has 5 heteroatoms. The van der Waals surface area contributed by atoms with Gasteiger partial charge in [-0.3, -0.25) is 9.69 Å². The number of hydrogen-bond acceptors (Lipinski definition) is 4. The maximum Gasteiger partial charge on any atom is 0.239 e. The van der Waals surface area contributed by atoms with Crippen molar-refractivity contribution in [3.63, 3.8) is 0 Å². The maximum atomic E-state index is 11.9. The molecular formula is C11H23N3O2. The predicted octanol–water partition coefficient (Wildman–Crippen LogP) is -0.438. The van der Waals surface area contributed by atoms with Gasteiger partial charge in [-0.1, -0.05) is 6.92 Å². The number of carbonyl (C=O) groups excluding carboxylic acids is 1. The molecule has 0 aromatic carbocycles. The molecule has 1 aliphatic heterocycles. The lowest BCUT2D eigenvalue weighted by Gasteiger charge is -2.34. The number of hydrogen-bond donors (Lipinski definition) is 2. The van der Waals surface area contributed by atoms with Crippen LogP contribution in [0.25, 0.3) is 0 Å². The van der Waals surface area contributed by atoms with Crippen molar-refractivity contribution in [1.82, 2.24) is 10.2 Å². The van der Waals surface area contributed by atoms with Gasteiger partial charge in [-0.05, 0) is 19.4 Å². The molecule has 0 radical (unpaired) electrons. The highest BCUT2D eigenvalue weighted by Crippen LogP contribution is 2.07. The molecule has 1 rings (SSSR count). The minimum atomic E-state index is -0.133. The number of carbonyl (C=O) groups is 1. The lowest BCUT2D eigenvalue weighted by atomic mass is 10.2. The highest BCUT2D eigenvalue weighted by atomic mass is 16.5. The molecule has 0 aromatic rings. The van der Waals surface area contributed by atoms with Gasteiger partial charge in [0.1, 0.15) is 6.04 Å². The van der Waals surface area contributed by atoms with E-state index in [1.54, 1.807) is 0 Å². The van der Waals surface area contributed by atoms with Crippen LogP contribution in [-0.4, -0.2) is 56.2 Å². The van der Waals surface area contributed by atoms with E-state index in [9.17, 15) is 4.79 Å². The summed E-state index contributed by atoms with van der Waals surface area (Å²) in [7, 11) is 0. The Kier molecular flexibility index (Phi) is 6.37. The third kappa shape index (κ3) is 4.08. The van der Waals surface area contributed by atoms with Crippen molar-refractivity contribution in [2.75, 3.05) is 39.4 Å². The molecule has 1 amide bonds. The summed E-state index contributed by atoms with van der Waals surface area (Å²) in [6.07, 6.45) is 1.89. The largest absolute Gasteiger partial charge is 0.378 e. The minimum Gasteiger partial charge on any atom is -0.378 e. The summed E-state index contributed by atoms with van der Waals surface area (Å²) < 4.78 is 5.36. The number of nitrogens with zero attached hydrogens (tertiary/aromatic N) is 1. The highest BCUT2D eigenvalue weighted by Gasteiger charge is 2.28. The van der Waals surface area contributed by atoms with E-state index in [-0.39, 0.29) is 11.9 Å². The molecule has 1 saturated heterocycles. The summed E-state index contributed by atoms with van der Waals surface area (Å²) in [6.45, 7) is 6.36. The molecule has 0 aromatic heterocycles. The molecule has 0 bridgehead atoms. The summed E-state index contributed by atoms with van der Waals surface area (Å²) >= 11 is 0. The van der Waals surface area contributed by atoms with Crippen LogP contribution in [-0.2, 0) is 9.53 Å². The molecule has 0 saturated carbocycles. The number of ether oxygens (including phenoxy) is 1. The number of nitrogens with two attached hydrogens (primary N) is 1. The van der Waals surface area contributed by atoms with Gasteiger partial charge in [0.05, 0.1) is 13.2 Å². The lowest BCUT2D eigenvalue weighted by Crippen LogP contribution is -2.54. The highest BCUT2D eigenvalue weighted by molar-refractivity contribution is 5.81. The predicted molar refractivity (Wildman–Crippen MR) is 63.2 cm³/mol. The first-order chi connectivity index (χ1) is 7.79. The fraction of sp³-hybridized carbons (Fsp3) is 0.909. The maximum absolute atomic E-state index is 11.9. The SMILES string of the molecule is CCCNC(=O)C1COCCN1CCCN. The van der Waals surface area contributed by atoms with Crippen LogP contribution in [0.1, 0.15) is 19.8 Å². The van der Waals surface area contributed by atoms with E-state index in [2.05, 4.69) is 10.2 Å². The molecule has 5 nitrogen and oxygen atoms in total. The van der Waals surface area contributed by atoms with Crippen molar-refractivity contribution >= 4 is 5.91 Å². The summed E-state index contributed by atoms with van der Waals surface area (Å²) in [5.41, 5.74) is 5.49. The van der Waals surface area contributed by atoms with Crippen molar-refractivity contribution in [2.45, 2.75) is 25.8 Å². The van der Waals surface area contributed by atoms with Crippen LogP contribution in [0.15, 0.2) is 0 Å². The summed E-state index contributed by atoms with van der Waals surface area (Å²) in [5, 5.41) is 2.92. The van der Waals surface area contributed by atoms with Crippen molar-refractivity contribution in [2.24, 2.45) is 5.73 Å². The molecule has 3 N–H and O–H groups in total. The van der Waals surface area contributed by atoms with Crippen LogP contribution in [0.5, 0.6) is 0 Å². The van der Waals surface area contributed by atoms with E-state index in [1.807, 2.05) is 6.92 Å². The summed E-state index contributed by atoms with van der Waals surface area (Å²) in [6, 6.07) is -0.133. The van der Waals surface area contributed by atoms with Gasteiger partial charge in [0.25, 0.3) is 0 Å². The van der Waals surface area contributed by atoms with Gasteiger partial charge in [0.2, 0.25) is 5.91 Å². The second-order valence-corrected chi connectivity index (χ2v) is 4.06. The van der Waals surface area contributed by atoms with Crippen LogP contribution in [0, 0.1) is 0 Å². The van der Waals surface area contributed by atoms with Crippen LogP contribution < -0.4 is 11.1 Å². The Bertz CT molecular complexity index is 211. The zero-order valence-electron chi connectivity index (χ0n) is 10.1. The van der Waals surface area contributed by atoms with Gasteiger partial charge >= 0.3 is 0 Å². The smallest absolute Gasteiger partial charge is 0.239 e. The molecular weight excluding hydrogens is 206 g/mol. The lowest BCUT2D eigenvalue weighted by molar-refractivity contribution is -0.132. The first-order valence-electron chi connectivity index (χ1n) is 6.09. The molecule has 16 heavy (non-hydrogen) atoms. The van der Waals surface area contributed by atoms with Gasteiger partial charge in [-0.15, -0.1) is 0 Å². The molecule has 1 atom stereocenters. The third-order valence-electron chi connectivity index (χ3n) is 2.74. The second kappa shape index (κ2) is 7.60. The van der Waals surface area contributed by atoms with Gasteiger partial charge in [0.15, 0.2) is 0 Å². The van der Waals surface area contributed by atoms with E-state index >= 15 is 0 Å². The minimum absolute atomic E-state index is 0.0820. The number of morpholine rings is 1. The van der Waals surface area contributed by atoms with Gasteiger partial charge in [-0.2, -0.15) is 0 Å². The van der Waals surface area contributed by atoms with Crippen LogP contribution in [0.3, 0.4) is 0 Å². The zero-order chi connectivity index (χ0) is 11.8. The zero-order valence-corrected chi connectivity index (χ0v) is 10.1. The van der Waals surface area contributed by atoms with Gasteiger partial charge < -0.3 is 15.8 Å².